The molecule has 8 nitrogen and oxygen atoms in total. The standard InChI is InChI=1S/C13H19N7OS/c1-9-14-12(18-17-9)20-5-3-19(4-6-20)7-11-8-22-13(16-11)15-10(2)21/h8H,3-7H2,1-2H3,(H,14,17,18)(H,15,16,21). The van der Waals surface area contributed by atoms with E-state index in [0.717, 1.165) is 50.2 Å². The number of carbonyl (C=O) groups is 1. The quantitative estimate of drug-likeness (QED) is 0.868. The summed E-state index contributed by atoms with van der Waals surface area (Å²) < 4.78 is 0. The number of nitrogens with zero attached hydrogens (tertiary/aromatic N) is 5. The third kappa shape index (κ3) is 3.60. The number of hydrogen-bond donors (Lipinski definition) is 2. The molecule has 0 aromatic carbocycles. The molecule has 0 saturated carbocycles. The van der Waals surface area contributed by atoms with Gasteiger partial charge in [0.1, 0.15) is 5.82 Å². The lowest BCUT2D eigenvalue weighted by molar-refractivity contribution is -0.114. The van der Waals surface area contributed by atoms with Crippen LogP contribution < -0.4 is 10.2 Å². The second-order valence-electron chi connectivity index (χ2n) is 5.31. The summed E-state index contributed by atoms with van der Waals surface area (Å²) in [4.78, 5) is 24.3. The van der Waals surface area contributed by atoms with E-state index >= 15 is 0 Å². The van der Waals surface area contributed by atoms with Crippen molar-refractivity contribution in [3.63, 3.8) is 0 Å². The summed E-state index contributed by atoms with van der Waals surface area (Å²) in [6.07, 6.45) is 0. The van der Waals surface area contributed by atoms with E-state index in [9.17, 15) is 4.79 Å². The van der Waals surface area contributed by atoms with Gasteiger partial charge in [0, 0.05) is 45.0 Å². The van der Waals surface area contributed by atoms with Crippen molar-refractivity contribution < 1.29 is 4.79 Å². The number of piperazine rings is 1. The van der Waals surface area contributed by atoms with Crippen molar-refractivity contribution in [2.75, 3.05) is 36.4 Å². The number of aromatic nitrogens is 4. The minimum absolute atomic E-state index is 0.0867. The van der Waals surface area contributed by atoms with Crippen LogP contribution in [0, 0.1) is 6.92 Å². The van der Waals surface area contributed by atoms with E-state index in [-0.39, 0.29) is 5.91 Å². The van der Waals surface area contributed by atoms with Crippen LogP contribution >= 0.6 is 11.3 Å². The summed E-state index contributed by atoms with van der Waals surface area (Å²) in [5.74, 6) is 1.53. The zero-order valence-electron chi connectivity index (χ0n) is 12.7. The maximum absolute atomic E-state index is 11.0. The highest BCUT2D eigenvalue weighted by molar-refractivity contribution is 7.13. The monoisotopic (exact) mass is 321 g/mol. The van der Waals surface area contributed by atoms with Crippen LogP contribution in [0.3, 0.4) is 0 Å². The number of carbonyl (C=O) groups excluding carboxylic acids is 1. The minimum atomic E-state index is -0.0867. The molecule has 0 aliphatic carbocycles. The van der Waals surface area contributed by atoms with Gasteiger partial charge in [-0.3, -0.25) is 14.8 Å². The van der Waals surface area contributed by atoms with Gasteiger partial charge >= 0.3 is 0 Å². The lowest BCUT2D eigenvalue weighted by atomic mass is 10.3. The number of hydrogen-bond acceptors (Lipinski definition) is 7. The average Bonchev–Trinajstić information content (AvgIpc) is 3.09. The van der Waals surface area contributed by atoms with E-state index < -0.39 is 0 Å². The smallest absolute Gasteiger partial charge is 0.244 e. The van der Waals surface area contributed by atoms with Gasteiger partial charge in [0.2, 0.25) is 11.9 Å². The van der Waals surface area contributed by atoms with Gasteiger partial charge in [-0.1, -0.05) is 0 Å². The summed E-state index contributed by atoms with van der Waals surface area (Å²) in [5, 5.41) is 12.5. The molecular formula is C13H19N7OS. The van der Waals surface area contributed by atoms with Crippen LogP contribution in [0.25, 0.3) is 0 Å². The van der Waals surface area contributed by atoms with E-state index in [2.05, 4.69) is 35.3 Å². The fourth-order valence-corrected chi connectivity index (χ4v) is 3.14. The summed E-state index contributed by atoms with van der Waals surface area (Å²) >= 11 is 1.46. The predicted molar refractivity (Wildman–Crippen MR) is 85.0 cm³/mol. The molecule has 1 aliphatic rings. The highest BCUT2D eigenvalue weighted by Gasteiger charge is 2.20. The van der Waals surface area contributed by atoms with E-state index in [4.69, 9.17) is 0 Å². The third-order valence-electron chi connectivity index (χ3n) is 3.46. The lowest BCUT2D eigenvalue weighted by Crippen LogP contribution is -2.46. The Morgan fingerprint density at radius 1 is 1.36 bits per heavy atom. The molecular weight excluding hydrogens is 302 g/mol. The first-order valence-corrected chi connectivity index (χ1v) is 8.06. The van der Waals surface area contributed by atoms with Gasteiger partial charge in [0.15, 0.2) is 5.13 Å². The summed E-state index contributed by atoms with van der Waals surface area (Å²) in [5.41, 5.74) is 0.996. The van der Waals surface area contributed by atoms with Crippen LogP contribution in [-0.2, 0) is 11.3 Å². The Bertz CT molecular complexity index is 644. The van der Waals surface area contributed by atoms with Crippen molar-refractivity contribution in [1.82, 2.24) is 25.1 Å². The van der Waals surface area contributed by atoms with Gasteiger partial charge < -0.3 is 10.2 Å². The van der Waals surface area contributed by atoms with E-state index in [1.165, 1.54) is 18.3 Å². The number of amides is 1. The molecule has 2 aromatic rings. The molecule has 3 rings (SSSR count). The Hall–Kier alpha value is -2.00. The lowest BCUT2D eigenvalue weighted by Gasteiger charge is -2.33. The van der Waals surface area contributed by atoms with Gasteiger partial charge in [-0.25, -0.2) is 4.98 Å². The average molecular weight is 321 g/mol. The van der Waals surface area contributed by atoms with E-state index in [1.807, 2.05) is 12.3 Å². The zero-order valence-corrected chi connectivity index (χ0v) is 13.5. The number of nitrogens with one attached hydrogen (secondary N) is 2. The molecule has 1 saturated heterocycles. The topological polar surface area (TPSA) is 90.0 Å². The van der Waals surface area contributed by atoms with Crippen LogP contribution in [0.2, 0.25) is 0 Å². The molecule has 0 bridgehead atoms. The zero-order chi connectivity index (χ0) is 15.5. The molecule has 0 radical (unpaired) electrons. The SMILES string of the molecule is CC(=O)Nc1nc(CN2CCN(c3n[nH]c(C)n3)CC2)cs1. The first kappa shape index (κ1) is 14.9. The first-order valence-electron chi connectivity index (χ1n) is 7.18. The normalized spacial score (nSPS) is 16.0. The number of H-pyrrole nitrogens is 1. The largest absolute Gasteiger partial charge is 0.337 e. The molecule has 1 aliphatic heterocycles. The van der Waals surface area contributed by atoms with Crippen molar-refractivity contribution in [1.29, 1.82) is 0 Å². The van der Waals surface area contributed by atoms with Gasteiger partial charge in [0.05, 0.1) is 5.69 Å². The maximum Gasteiger partial charge on any atom is 0.244 e. The Kier molecular flexibility index (Phi) is 4.34. The fraction of sp³-hybridized carbons (Fsp3) is 0.538. The molecule has 9 heteroatoms. The van der Waals surface area contributed by atoms with Gasteiger partial charge in [0.25, 0.3) is 0 Å². The fourth-order valence-electron chi connectivity index (χ4n) is 2.40. The van der Waals surface area contributed by atoms with Crippen molar-refractivity contribution >= 4 is 28.3 Å². The minimum Gasteiger partial charge on any atom is -0.337 e. The molecule has 0 unspecified atom stereocenters. The summed E-state index contributed by atoms with van der Waals surface area (Å²) in [6, 6.07) is 0. The van der Waals surface area contributed by atoms with Crippen LogP contribution in [0.15, 0.2) is 5.38 Å². The molecule has 0 atom stereocenters. The van der Waals surface area contributed by atoms with Crippen LogP contribution in [0.5, 0.6) is 0 Å². The maximum atomic E-state index is 11.0. The number of thiazole rings is 1. The first-order chi connectivity index (χ1) is 10.6. The Morgan fingerprint density at radius 2 is 2.14 bits per heavy atom. The van der Waals surface area contributed by atoms with Crippen molar-refractivity contribution in [2.24, 2.45) is 0 Å². The number of aromatic amines is 1. The van der Waals surface area contributed by atoms with Crippen molar-refractivity contribution in [2.45, 2.75) is 20.4 Å². The molecule has 22 heavy (non-hydrogen) atoms. The molecule has 2 N–H and O–H groups in total. The van der Waals surface area contributed by atoms with Crippen molar-refractivity contribution in [3.8, 4) is 0 Å². The highest BCUT2D eigenvalue weighted by Crippen LogP contribution is 2.18. The molecule has 3 heterocycles. The number of anilines is 2. The Morgan fingerprint density at radius 3 is 2.77 bits per heavy atom. The number of aryl methyl sites for hydroxylation is 1. The van der Waals surface area contributed by atoms with Gasteiger partial charge in [-0.05, 0) is 6.92 Å². The molecule has 118 valence electrons. The highest BCUT2D eigenvalue weighted by atomic mass is 32.1. The van der Waals surface area contributed by atoms with Crippen LogP contribution in [0.1, 0.15) is 18.4 Å². The van der Waals surface area contributed by atoms with Gasteiger partial charge in [-0.2, -0.15) is 4.98 Å². The van der Waals surface area contributed by atoms with Gasteiger partial charge in [-0.15, -0.1) is 16.4 Å². The third-order valence-corrected chi connectivity index (χ3v) is 4.27. The van der Waals surface area contributed by atoms with Crippen LogP contribution in [-0.4, -0.2) is 57.2 Å². The summed E-state index contributed by atoms with van der Waals surface area (Å²) in [6.45, 7) is 7.89. The molecule has 1 amide bonds. The molecule has 1 fully saturated rings. The van der Waals surface area contributed by atoms with Crippen LogP contribution in [0.4, 0.5) is 11.1 Å². The second kappa shape index (κ2) is 6.41. The van der Waals surface area contributed by atoms with E-state index in [0.29, 0.717) is 5.13 Å². The van der Waals surface area contributed by atoms with E-state index in [1.54, 1.807) is 0 Å². The Balaban J connectivity index is 1.51. The molecule has 0 spiro atoms. The number of rotatable bonds is 4. The second-order valence-corrected chi connectivity index (χ2v) is 6.17. The Labute approximate surface area is 132 Å². The van der Waals surface area contributed by atoms with Crippen molar-refractivity contribution in [3.05, 3.63) is 16.9 Å². The predicted octanol–water partition coefficient (Wildman–Crippen LogP) is 0.850. The summed E-state index contributed by atoms with van der Waals surface area (Å²) in [7, 11) is 0. The molecule has 2 aromatic heterocycles.